The van der Waals surface area contributed by atoms with Gasteiger partial charge in [0.15, 0.2) is 0 Å². The van der Waals surface area contributed by atoms with Gasteiger partial charge in [0, 0.05) is 25.6 Å². The first-order valence-corrected chi connectivity index (χ1v) is 8.49. The summed E-state index contributed by atoms with van der Waals surface area (Å²) < 4.78 is 0. The first-order chi connectivity index (χ1) is 11.1. The van der Waals surface area contributed by atoms with Crippen molar-refractivity contribution in [3.63, 3.8) is 0 Å². The van der Waals surface area contributed by atoms with Crippen LogP contribution < -0.4 is 5.32 Å². The smallest absolute Gasteiger partial charge is 0.335 e. The molecule has 2 saturated heterocycles. The molecule has 126 valence electrons. The lowest BCUT2D eigenvalue weighted by Gasteiger charge is -2.49. The minimum absolute atomic E-state index is 0.281. The van der Waals surface area contributed by atoms with Crippen molar-refractivity contribution in [1.29, 1.82) is 0 Å². The Labute approximate surface area is 137 Å². The molecule has 0 radical (unpaired) electrons. The van der Waals surface area contributed by atoms with Crippen LogP contribution in [-0.2, 0) is 6.54 Å². The molecular formula is C18H26N2O3. The van der Waals surface area contributed by atoms with E-state index in [0.717, 1.165) is 51.1 Å². The lowest BCUT2D eigenvalue weighted by Crippen LogP contribution is -2.52. The first kappa shape index (κ1) is 16.4. The Morgan fingerprint density at radius 2 is 1.91 bits per heavy atom. The van der Waals surface area contributed by atoms with Crippen LogP contribution in [0.15, 0.2) is 24.3 Å². The number of piperidine rings is 2. The number of carbonyl (C=O) groups is 1. The summed E-state index contributed by atoms with van der Waals surface area (Å²) in [5, 5.41) is 22.0. The van der Waals surface area contributed by atoms with E-state index in [0.29, 0.717) is 16.9 Å². The van der Waals surface area contributed by atoms with Gasteiger partial charge in [0.2, 0.25) is 0 Å². The van der Waals surface area contributed by atoms with Gasteiger partial charge in [-0.2, -0.15) is 0 Å². The Hall–Kier alpha value is -1.43. The molecule has 0 bridgehead atoms. The van der Waals surface area contributed by atoms with E-state index < -0.39 is 5.97 Å². The lowest BCUT2D eigenvalue weighted by atomic mass is 9.65. The maximum absolute atomic E-state index is 10.9. The number of nitrogens with one attached hydrogen (secondary N) is 1. The first-order valence-electron chi connectivity index (χ1n) is 8.49. The van der Waals surface area contributed by atoms with Crippen molar-refractivity contribution >= 4 is 5.97 Å². The van der Waals surface area contributed by atoms with E-state index in [2.05, 4.69) is 10.2 Å². The van der Waals surface area contributed by atoms with Gasteiger partial charge in [0.05, 0.1) is 5.56 Å². The van der Waals surface area contributed by atoms with Crippen molar-refractivity contribution < 1.29 is 15.0 Å². The molecule has 2 fully saturated rings. The predicted molar refractivity (Wildman–Crippen MR) is 88.4 cm³/mol. The Morgan fingerprint density at radius 1 is 1.22 bits per heavy atom. The zero-order valence-corrected chi connectivity index (χ0v) is 13.5. The molecule has 1 aromatic rings. The molecule has 1 aromatic carbocycles. The maximum Gasteiger partial charge on any atom is 0.335 e. The van der Waals surface area contributed by atoms with Crippen LogP contribution in [0.25, 0.3) is 0 Å². The summed E-state index contributed by atoms with van der Waals surface area (Å²) in [6.45, 7) is 5.26. The summed E-state index contributed by atoms with van der Waals surface area (Å²) in [7, 11) is 0. The van der Waals surface area contributed by atoms with Gasteiger partial charge >= 0.3 is 5.97 Å². The Kier molecular flexibility index (Phi) is 4.99. The molecule has 1 unspecified atom stereocenters. The molecule has 3 rings (SSSR count). The van der Waals surface area contributed by atoms with E-state index in [9.17, 15) is 9.90 Å². The number of hydrogen-bond donors (Lipinski definition) is 3. The number of hydrogen-bond acceptors (Lipinski definition) is 4. The Balaban J connectivity index is 1.57. The van der Waals surface area contributed by atoms with Crippen LogP contribution in [0.5, 0.6) is 0 Å². The molecule has 23 heavy (non-hydrogen) atoms. The fourth-order valence-corrected chi connectivity index (χ4v) is 4.12. The van der Waals surface area contributed by atoms with Crippen LogP contribution in [0.4, 0.5) is 0 Å². The summed E-state index contributed by atoms with van der Waals surface area (Å²) in [6.07, 6.45) is 3.46. The minimum Gasteiger partial charge on any atom is -0.478 e. The molecule has 5 heteroatoms. The third-order valence-electron chi connectivity index (χ3n) is 5.74. The number of benzene rings is 1. The molecule has 1 spiro atoms. The van der Waals surface area contributed by atoms with Crippen LogP contribution in [0.2, 0.25) is 0 Å². The van der Waals surface area contributed by atoms with E-state index >= 15 is 0 Å². The molecule has 5 nitrogen and oxygen atoms in total. The summed E-state index contributed by atoms with van der Waals surface area (Å²) >= 11 is 0. The lowest BCUT2D eigenvalue weighted by molar-refractivity contribution is -0.00584. The molecule has 0 aromatic heterocycles. The standard InChI is InChI=1S/C18H26N2O3/c21-13-16-11-19-8-5-18(16)6-9-20(10-7-18)12-14-1-3-15(4-2-14)17(22)23/h1-4,16,19,21H,5-13H2,(H,22,23). The van der Waals surface area contributed by atoms with Crippen LogP contribution in [0, 0.1) is 11.3 Å². The van der Waals surface area contributed by atoms with Gasteiger partial charge in [-0.15, -0.1) is 0 Å². The van der Waals surface area contributed by atoms with Crippen molar-refractivity contribution in [1.82, 2.24) is 10.2 Å². The highest BCUT2D eigenvalue weighted by molar-refractivity contribution is 5.87. The topological polar surface area (TPSA) is 72.8 Å². The van der Waals surface area contributed by atoms with Gasteiger partial charge in [-0.1, -0.05) is 12.1 Å². The van der Waals surface area contributed by atoms with E-state index in [-0.39, 0.29) is 6.61 Å². The quantitative estimate of drug-likeness (QED) is 0.786. The van der Waals surface area contributed by atoms with E-state index in [4.69, 9.17) is 5.11 Å². The Morgan fingerprint density at radius 3 is 2.52 bits per heavy atom. The fraction of sp³-hybridized carbons (Fsp3) is 0.611. The summed E-state index contributed by atoms with van der Waals surface area (Å²) in [4.78, 5) is 13.3. The zero-order valence-electron chi connectivity index (χ0n) is 13.5. The molecule has 2 aliphatic rings. The fourth-order valence-electron chi connectivity index (χ4n) is 4.12. The van der Waals surface area contributed by atoms with Crippen molar-refractivity contribution in [2.45, 2.75) is 25.8 Å². The van der Waals surface area contributed by atoms with Gasteiger partial charge in [-0.05, 0) is 62.0 Å². The van der Waals surface area contributed by atoms with Crippen LogP contribution in [-0.4, -0.2) is 53.9 Å². The predicted octanol–water partition coefficient (Wildman–Crippen LogP) is 1.57. The molecule has 2 heterocycles. The number of aliphatic hydroxyl groups excluding tert-OH is 1. The number of nitrogens with zero attached hydrogens (tertiary/aromatic N) is 1. The summed E-state index contributed by atoms with van der Waals surface area (Å²) in [6, 6.07) is 7.18. The summed E-state index contributed by atoms with van der Waals surface area (Å²) in [5.41, 5.74) is 1.81. The van der Waals surface area contributed by atoms with Crippen molar-refractivity contribution in [3.05, 3.63) is 35.4 Å². The van der Waals surface area contributed by atoms with Gasteiger partial charge in [-0.25, -0.2) is 4.79 Å². The third-order valence-corrected chi connectivity index (χ3v) is 5.74. The van der Waals surface area contributed by atoms with Gasteiger partial charge in [-0.3, -0.25) is 4.90 Å². The highest BCUT2D eigenvalue weighted by atomic mass is 16.4. The van der Waals surface area contributed by atoms with E-state index in [1.807, 2.05) is 12.1 Å². The normalized spacial score (nSPS) is 24.7. The monoisotopic (exact) mass is 318 g/mol. The van der Waals surface area contributed by atoms with Gasteiger partial charge in [0.25, 0.3) is 0 Å². The largest absolute Gasteiger partial charge is 0.478 e. The average molecular weight is 318 g/mol. The number of aromatic carboxylic acids is 1. The Bertz CT molecular complexity index is 536. The molecule has 0 aliphatic carbocycles. The van der Waals surface area contributed by atoms with E-state index in [1.165, 1.54) is 6.42 Å². The SMILES string of the molecule is O=C(O)c1ccc(CN2CCC3(CCNCC3CO)CC2)cc1. The molecule has 2 aliphatic heterocycles. The molecule has 0 amide bonds. The van der Waals surface area contributed by atoms with Gasteiger partial charge in [0.1, 0.15) is 0 Å². The maximum atomic E-state index is 10.9. The molecule has 3 N–H and O–H groups in total. The number of carboxylic acids is 1. The highest BCUT2D eigenvalue weighted by Gasteiger charge is 2.42. The van der Waals surface area contributed by atoms with Crippen molar-refractivity contribution in [2.75, 3.05) is 32.8 Å². The second-order valence-corrected chi connectivity index (χ2v) is 6.97. The number of carboxylic acid groups (broad SMARTS) is 1. The van der Waals surface area contributed by atoms with Crippen molar-refractivity contribution in [3.8, 4) is 0 Å². The van der Waals surface area contributed by atoms with Crippen molar-refractivity contribution in [2.24, 2.45) is 11.3 Å². The molecule has 0 saturated carbocycles. The second kappa shape index (κ2) is 6.99. The van der Waals surface area contributed by atoms with Crippen LogP contribution in [0.3, 0.4) is 0 Å². The number of aliphatic hydroxyl groups is 1. The third kappa shape index (κ3) is 3.57. The summed E-state index contributed by atoms with van der Waals surface area (Å²) in [5.74, 6) is -0.495. The average Bonchev–Trinajstić information content (AvgIpc) is 2.58. The van der Waals surface area contributed by atoms with Crippen LogP contribution in [0.1, 0.15) is 35.2 Å². The minimum atomic E-state index is -0.877. The van der Waals surface area contributed by atoms with Crippen LogP contribution >= 0.6 is 0 Å². The second-order valence-electron chi connectivity index (χ2n) is 6.97. The van der Waals surface area contributed by atoms with Gasteiger partial charge < -0.3 is 15.5 Å². The number of likely N-dealkylation sites (tertiary alicyclic amines) is 1. The highest BCUT2D eigenvalue weighted by Crippen LogP contribution is 2.43. The van der Waals surface area contributed by atoms with E-state index in [1.54, 1.807) is 12.1 Å². The molecular weight excluding hydrogens is 292 g/mol. The number of rotatable bonds is 4. The zero-order chi connectivity index (χ0) is 16.3. The molecule has 1 atom stereocenters.